The third-order valence-electron chi connectivity index (χ3n) is 8.51. The Kier molecular flexibility index (Phi) is 39.4. The first-order valence-corrected chi connectivity index (χ1v) is 23.7. The summed E-state index contributed by atoms with van der Waals surface area (Å²) in [5, 5.41) is 0. The van der Waals surface area contributed by atoms with E-state index in [4.69, 9.17) is 18.5 Å². The number of rotatable bonds is 39. The van der Waals surface area contributed by atoms with Gasteiger partial charge in [-0.05, 0) is 103 Å². The Labute approximate surface area is 361 Å². The molecule has 0 aliphatic rings. The molecule has 0 N–H and O–H groups in total. The molecule has 0 spiro atoms. The first-order valence-electron chi connectivity index (χ1n) is 22.3. The van der Waals surface area contributed by atoms with Gasteiger partial charge in [0.15, 0.2) is 0 Å². The van der Waals surface area contributed by atoms with E-state index in [0.717, 1.165) is 103 Å². The lowest BCUT2D eigenvalue weighted by Crippen LogP contribution is -2.37. The zero-order valence-corrected chi connectivity index (χ0v) is 38.5. The van der Waals surface area contributed by atoms with Crippen molar-refractivity contribution in [3.63, 3.8) is 0 Å². The van der Waals surface area contributed by atoms with E-state index < -0.39 is 19.9 Å². The summed E-state index contributed by atoms with van der Waals surface area (Å²) < 4.78 is 34.5. The molecule has 8 nitrogen and oxygen atoms in total. The van der Waals surface area contributed by atoms with Crippen molar-refractivity contribution in [2.45, 2.75) is 136 Å². The van der Waals surface area contributed by atoms with Gasteiger partial charge >= 0.3 is 5.97 Å². The standard InChI is InChI=1S/C50H82NO7P/c1-6-8-10-12-14-16-18-20-22-24-25-26-27-28-29-31-33-35-37-39-41-43-50(52)58-49(48-57-59(53,54)56-46-44-51(3,4)5)47-55-45-42-40-38-36-34-32-30-23-21-19-17-15-13-11-9-7-2/h8-11,14-17,20-23,25-26,28-29,32-35,49H,6-7,12-13,18-19,24,27,30-31,36-48H2,1-5H3/b10-8-,11-9-,16-14-,17-15-,22-20-,23-21-,26-25-,29-28-,34-32-,35-33-. The second-order valence-electron chi connectivity index (χ2n) is 15.3. The number of carbonyl (C=O) groups is 1. The number of phosphoric ester groups is 1. The maximum Gasteiger partial charge on any atom is 0.306 e. The largest absolute Gasteiger partial charge is 0.756 e. The Balaban J connectivity index is 4.42. The molecule has 2 atom stereocenters. The number of carbonyl (C=O) groups excluding carboxylic acids is 1. The average Bonchev–Trinajstić information content (AvgIpc) is 3.19. The highest BCUT2D eigenvalue weighted by molar-refractivity contribution is 7.45. The molecule has 0 radical (unpaired) electrons. The van der Waals surface area contributed by atoms with Crippen LogP contribution in [0.3, 0.4) is 0 Å². The fourth-order valence-electron chi connectivity index (χ4n) is 5.13. The topological polar surface area (TPSA) is 94.1 Å². The molecule has 0 aromatic carbocycles. The van der Waals surface area contributed by atoms with E-state index in [1.807, 2.05) is 21.1 Å². The van der Waals surface area contributed by atoms with E-state index in [0.29, 0.717) is 24.1 Å². The Hall–Kier alpha value is -3.10. The summed E-state index contributed by atoms with van der Waals surface area (Å²) in [5.41, 5.74) is 0. The molecule has 0 saturated carbocycles. The van der Waals surface area contributed by atoms with Crippen molar-refractivity contribution >= 4 is 13.8 Å². The molecule has 0 amide bonds. The number of hydrogen-bond donors (Lipinski definition) is 0. The minimum atomic E-state index is -4.56. The highest BCUT2D eigenvalue weighted by Crippen LogP contribution is 2.38. The Morgan fingerprint density at radius 1 is 0.525 bits per heavy atom. The predicted octanol–water partition coefficient (Wildman–Crippen LogP) is 12.7. The number of hydrogen-bond acceptors (Lipinski definition) is 7. The lowest BCUT2D eigenvalue weighted by Gasteiger charge is -2.28. The molecule has 59 heavy (non-hydrogen) atoms. The third-order valence-corrected chi connectivity index (χ3v) is 9.47. The van der Waals surface area contributed by atoms with Crippen molar-refractivity contribution in [1.29, 1.82) is 0 Å². The molecule has 0 aliphatic carbocycles. The summed E-state index contributed by atoms with van der Waals surface area (Å²) >= 11 is 0. The molecule has 0 saturated heterocycles. The summed E-state index contributed by atoms with van der Waals surface area (Å²) in [5.74, 6) is -0.394. The number of likely N-dealkylation sites (N-methyl/N-ethyl adjacent to an activating group) is 1. The van der Waals surface area contributed by atoms with Gasteiger partial charge in [-0.3, -0.25) is 9.36 Å². The number of phosphoric acid groups is 1. The number of ether oxygens (including phenoxy) is 2. The van der Waals surface area contributed by atoms with E-state index in [-0.39, 0.29) is 26.2 Å². The van der Waals surface area contributed by atoms with Crippen molar-refractivity contribution in [2.75, 3.05) is 54.1 Å². The van der Waals surface area contributed by atoms with Crippen LogP contribution in [-0.4, -0.2) is 70.7 Å². The summed E-state index contributed by atoms with van der Waals surface area (Å²) in [6, 6.07) is 0. The highest BCUT2D eigenvalue weighted by atomic mass is 31.2. The average molecular weight is 840 g/mol. The summed E-state index contributed by atoms with van der Waals surface area (Å²) in [6.07, 6.45) is 59.4. The van der Waals surface area contributed by atoms with Crippen LogP contribution >= 0.6 is 7.82 Å². The smallest absolute Gasteiger partial charge is 0.306 e. The molecule has 0 heterocycles. The molecule has 334 valence electrons. The van der Waals surface area contributed by atoms with Crippen LogP contribution in [0.15, 0.2) is 122 Å². The van der Waals surface area contributed by atoms with Crippen LogP contribution in [0.1, 0.15) is 129 Å². The maximum absolute atomic E-state index is 12.7. The van der Waals surface area contributed by atoms with Gasteiger partial charge in [0.2, 0.25) is 0 Å². The molecule has 0 aliphatic heterocycles. The first kappa shape index (κ1) is 55.9. The molecule has 9 heteroatoms. The van der Waals surface area contributed by atoms with E-state index in [2.05, 4.69) is 135 Å². The second-order valence-corrected chi connectivity index (χ2v) is 16.7. The summed E-state index contributed by atoms with van der Waals surface area (Å²) in [6.45, 7) is 4.99. The molecule has 2 unspecified atom stereocenters. The number of esters is 1. The first-order chi connectivity index (χ1) is 28.6. The van der Waals surface area contributed by atoms with Crippen LogP contribution in [0.5, 0.6) is 0 Å². The van der Waals surface area contributed by atoms with Crippen LogP contribution in [0.2, 0.25) is 0 Å². The fraction of sp³-hybridized carbons (Fsp3) is 0.580. The summed E-state index contributed by atoms with van der Waals surface area (Å²) in [4.78, 5) is 25.1. The Morgan fingerprint density at radius 3 is 1.36 bits per heavy atom. The van der Waals surface area contributed by atoms with E-state index >= 15 is 0 Å². The quantitative estimate of drug-likeness (QED) is 0.0200. The molecule has 0 rings (SSSR count). The molecule has 0 aromatic rings. The van der Waals surface area contributed by atoms with Gasteiger partial charge in [0.05, 0.1) is 34.4 Å². The van der Waals surface area contributed by atoms with Crippen molar-refractivity contribution in [2.24, 2.45) is 0 Å². The van der Waals surface area contributed by atoms with E-state index in [1.54, 1.807) is 0 Å². The molecule has 0 bridgehead atoms. The van der Waals surface area contributed by atoms with E-state index in [1.165, 1.54) is 0 Å². The van der Waals surface area contributed by atoms with Crippen molar-refractivity contribution in [3.8, 4) is 0 Å². The minimum Gasteiger partial charge on any atom is -0.756 e. The Morgan fingerprint density at radius 2 is 0.932 bits per heavy atom. The minimum absolute atomic E-state index is 0.00289. The van der Waals surface area contributed by atoms with Crippen LogP contribution in [0, 0.1) is 0 Å². The number of allylic oxidation sites excluding steroid dienone is 20. The van der Waals surface area contributed by atoms with Gasteiger partial charge in [0.1, 0.15) is 19.3 Å². The molecular weight excluding hydrogens is 758 g/mol. The second kappa shape index (κ2) is 41.6. The van der Waals surface area contributed by atoms with Gasteiger partial charge in [-0.15, -0.1) is 0 Å². The number of unbranched alkanes of at least 4 members (excludes halogenated alkanes) is 5. The van der Waals surface area contributed by atoms with E-state index in [9.17, 15) is 14.3 Å². The zero-order chi connectivity index (χ0) is 43.4. The van der Waals surface area contributed by atoms with Gasteiger partial charge in [0, 0.05) is 13.0 Å². The Bertz CT molecular complexity index is 1350. The van der Waals surface area contributed by atoms with Gasteiger partial charge < -0.3 is 27.9 Å². The van der Waals surface area contributed by atoms with Crippen LogP contribution < -0.4 is 4.89 Å². The molecular formula is C50H82NO7P. The van der Waals surface area contributed by atoms with Crippen LogP contribution in [0.4, 0.5) is 0 Å². The van der Waals surface area contributed by atoms with Gasteiger partial charge in [-0.25, -0.2) is 0 Å². The summed E-state index contributed by atoms with van der Waals surface area (Å²) in [7, 11) is 1.28. The highest BCUT2D eigenvalue weighted by Gasteiger charge is 2.20. The monoisotopic (exact) mass is 840 g/mol. The maximum atomic E-state index is 12.7. The predicted molar refractivity (Wildman–Crippen MR) is 249 cm³/mol. The van der Waals surface area contributed by atoms with Crippen LogP contribution in [-0.2, 0) is 27.9 Å². The van der Waals surface area contributed by atoms with Gasteiger partial charge in [-0.1, -0.05) is 142 Å². The normalized spacial score (nSPS) is 14.9. The van der Waals surface area contributed by atoms with Gasteiger partial charge in [-0.2, -0.15) is 0 Å². The van der Waals surface area contributed by atoms with Crippen LogP contribution in [0.25, 0.3) is 0 Å². The number of nitrogens with zero attached hydrogens (tertiary/aromatic N) is 1. The van der Waals surface area contributed by atoms with Crippen molar-refractivity contribution in [3.05, 3.63) is 122 Å². The number of quaternary nitrogens is 1. The lowest BCUT2D eigenvalue weighted by molar-refractivity contribution is -0.870. The van der Waals surface area contributed by atoms with Crippen molar-refractivity contribution in [1.82, 2.24) is 0 Å². The lowest BCUT2D eigenvalue weighted by atomic mass is 10.2. The fourth-order valence-corrected chi connectivity index (χ4v) is 5.85. The van der Waals surface area contributed by atoms with Gasteiger partial charge in [0.25, 0.3) is 7.82 Å². The zero-order valence-electron chi connectivity index (χ0n) is 37.6. The SMILES string of the molecule is CC/C=C\C/C=C\C/C=C\C/C=C\C/C=C\C/C=C\CCCCC(=O)OC(COCCCCC/C=C\C/C=C\C/C=C\C/C=C\CC)COP(=O)([O-])OCC[N+](C)(C)C. The molecule has 0 aromatic heterocycles. The molecule has 0 fully saturated rings. The third kappa shape index (κ3) is 45.8. The van der Waals surface area contributed by atoms with Crippen molar-refractivity contribution < 1.29 is 37.3 Å².